The maximum absolute atomic E-state index is 12.2. The molecule has 1 saturated heterocycles. The summed E-state index contributed by atoms with van der Waals surface area (Å²) in [7, 11) is 0. The number of nitrogens with zero attached hydrogens (tertiary/aromatic N) is 1. The predicted molar refractivity (Wildman–Crippen MR) is 94.7 cm³/mol. The fraction of sp³-hybridized carbons (Fsp3) is 0.125. The number of hydrogen-bond acceptors (Lipinski definition) is 4. The van der Waals surface area contributed by atoms with Gasteiger partial charge in [-0.15, -0.1) is 0 Å². The molecule has 3 rings (SSSR count). The highest BCUT2D eigenvalue weighted by atomic mass is 35.5. The SMILES string of the molecule is CCN1C(=O)/C(=C\c2ccc(-c3cccc(Cl)c3)o2)SC1=S. The Balaban J connectivity index is 1.88. The van der Waals surface area contributed by atoms with Gasteiger partial charge in [-0.25, -0.2) is 0 Å². The van der Waals surface area contributed by atoms with E-state index >= 15 is 0 Å². The molecule has 1 aliphatic heterocycles. The molecule has 1 amide bonds. The van der Waals surface area contributed by atoms with Crippen molar-refractivity contribution in [3.8, 4) is 11.3 Å². The number of likely N-dealkylation sites (N-methyl/N-ethyl adjacent to an activating group) is 1. The molecule has 0 saturated carbocycles. The lowest BCUT2D eigenvalue weighted by Crippen LogP contribution is -2.27. The standard InChI is InChI=1S/C16H12ClNO2S2/c1-2-18-15(19)14(22-16(18)21)9-12-6-7-13(20-12)10-4-3-5-11(17)8-10/h3-9H,2H2,1H3/b14-9+. The van der Waals surface area contributed by atoms with Gasteiger partial charge in [-0.05, 0) is 31.2 Å². The average Bonchev–Trinajstić information content (AvgIpc) is 3.05. The van der Waals surface area contributed by atoms with E-state index in [0.717, 1.165) is 5.56 Å². The molecule has 1 aromatic heterocycles. The zero-order chi connectivity index (χ0) is 15.7. The second kappa shape index (κ2) is 6.28. The number of hydrogen-bond donors (Lipinski definition) is 0. The van der Waals surface area contributed by atoms with Crippen LogP contribution in [0.25, 0.3) is 17.4 Å². The minimum atomic E-state index is -0.0711. The summed E-state index contributed by atoms with van der Waals surface area (Å²) in [6.07, 6.45) is 1.73. The van der Waals surface area contributed by atoms with Crippen molar-refractivity contribution in [1.29, 1.82) is 0 Å². The highest BCUT2D eigenvalue weighted by molar-refractivity contribution is 8.26. The third kappa shape index (κ3) is 2.97. The van der Waals surface area contributed by atoms with Crippen LogP contribution in [-0.4, -0.2) is 21.7 Å². The van der Waals surface area contributed by atoms with Gasteiger partial charge in [-0.2, -0.15) is 0 Å². The molecule has 0 bridgehead atoms. The Bertz CT molecular complexity index is 782. The molecule has 3 nitrogen and oxygen atoms in total. The van der Waals surface area contributed by atoms with Crippen LogP contribution in [0.4, 0.5) is 0 Å². The van der Waals surface area contributed by atoms with Gasteiger partial charge in [0.25, 0.3) is 5.91 Å². The van der Waals surface area contributed by atoms with Gasteiger partial charge in [0.2, 0.25) is 0 Å². The minimum Gasteiger partial charge on any atom is -0.457 e. The fourth-order valence-electron chi connectivity index (χ4n) is 2.13. The number of halogens is 1. The van der Waals surface area contributed by atoms with Crippen molar-refractivity contribution >= 4 is 51.9 Å². The number of rotatable bonds is 3. The molecule has 6 heteroatoms. The Morgan fingerprint density at radius 1 is 1.36 bits per heavy atom. The zero-order valence-electron chi connectivity index (χ0n) is 11.7. The van der Waals surface area contributed by atoms with E-state index in [1.165, 1.54) is 11.8 Å². The lowest BCUT2D eigenvalue weighted by atomic mass is 10.2. The van der Waals surface area contributed by atoms with Gasteiger partial charge in [-0.3, -0.25) is 9.69 Å². The Morgan fingerprint density at radius 2 is 2.18 bits per heavy atom. The number of amides is 1. The van der Waals surface area contributed by atoms with Crippen LogP contribution in [0.5, 0.6) is 0 Å². The molecule has 0 aliphatic carbocycles. The van der Waals surface area contributed by atoms with Crippen LogP contribution in [0.1, 0.15) is 12.7 Å². The van der Waals surface area contributed by atoms with Crippen molar-refractivity contribution in [2.75, 3.05) is 6.54 Å². The second-order valence-electron chi connectivity index (χ2n) is 4.64. The molecule has 22 heavy (non-hydrogen) atoms. The summed E-state index contributed by atoms with van der Waals surface area (Å²) in [5.74, 6) is 1.25. The first-order valence-corrected chi connectivity index (χ1v) is 8.30. The summed E-state index contributed by atoms with van der Waals surface area (Å²) in [6.45, 7) is 2.48. The third-order valence-corrected chi connectivity index (χ3v) is 4.81. The Morgan fingerprint density at radius 3 is 2.86 bits per heavy atom. The molecular formula is C16H12ClNO2S2. The normalized spacial score (nSPS) is 16.8. The molecule has 0 atom stereocenters. The molecule has 1 aliphatic rings. The maximum atomic E-state index is 12.2. The first-order chi connectivity index (χ1) is 10.6. The molecule has 1 aromatic carbocycles. The van der Waals surface area contributed by atoms with Crippen molar-refractivity contribution in [2.24, 2.45) is 0 Å². The summed E-state index contributed by atoms with van der Waals surface area (Å²) in [5.41, 5.74) is 0.897. The van der Waals surface area contributed by atoms with E-state index in [-0.39, 0.29) is 5.91 Å². The lowest BCUT2D eigenvalue weighted by Gasteiger charge is -2.09. The smallest absolute Gasteiger partial charge is 0.266 e. The minimum absolute atomic E-state index is 0.0711. The monoisotopic (exact) mass is 349 g/mol. The Labute approximate surface area is 142 Å². The van der Waals surface area contributed by atoms with Gasteiger partial charge in [0, 0.05) is 23.2 Å². The van der Waals surface area contributed by atoms with Gasteiger partial charge in [0.1, 0.15) is 15.8 Å². The van der Waals surface area contributed by atoms with Crippen LogP contribution in [0.2, 0.25) is 5.02 Å². The van der Waals surface area contributed by atoms with E-state index < -0.39 is 0 Å². The average molecular weight is 350 g/mol. The number of thiocarbonyl (C=S) groups is 1. The van der Waals surface area contributed by atoms with E-state index in [4.69, 9.17) is 28.2 Å². The van der Waals surface area contributed by atoms with Gasteiger partial charge in [0.15, 0.2) is 0 Å². The van der Waals surface area contributed by atoms with Crippen molar-refractivity contribution in [2.45, 2.75) is 6.92 Å². The lowest BCUT2D eigenvalue weighted by molar-refractivity contribution is -0.121. The van der Waals surface area contributed by atoms with Crippen LogP contribution in [0, 0.1) is 0 Å². The van der Waals surface area contributed by atoms with E-state index in [1.54, 1.807) is 11.0 Å². The van der Waals surface area contributed by atoms with Crippen molar-refractivity contribution in [1.82, 2.24) is 4.90 Å². The van der Waals surface area contributed by atoms with Crippen LogP contribution in [-0.2, 0) is 4.79 Å². The first-order valence-electron chi connectivity index (χ1n) is 6.69. The number of thioether (sulfide) groups is 1. The second-order valence-corrected chi connectivity index (χ2v) is 6.75. The van der Waals surface area contributed by atoms with E-state index in [0.29, 0.717) is 32.3 Å². The maximum Gasteiger partial charge on any atom is 0.266 e. The molecule has 112 valence electrons. The van der Waals surface area contributed by atoms with E-state index in [1.807, 2.05) is 43.3 Å². The predicted octanol–water partition coefficient (Wildman–Crippen LogP) is 4.82. The summed E-state index contributed by atoms with van der Waals surface area (Å²) < 4.78 is 6.36. The van der Waals surface area contributed by atoms with Gasteiger partial charge < -0.3 is 4.42 Å². The molecule has 0 unspecified atom stereocenters. The molecule has 0 spiro atoms. The summed E-state index contributed by atoms with van der Waals surface area (Å²) in [5, 5.41) is 0.652. The topological polar surface area (TPSA) is 33.5 Å². The van der Waals surface area contributed by atoms with Crippen LogP contribution in [0.15, 0.2) is 45.7 Å². The number of furan rings is 1. The summed E-state index contributed by atoms with van der Waals surface area (Å²) in [6, 6.07) is 11.1. The number of carbonyl (C=O) groups is 1. The summed E-state index contributed by atoms with van der Waals surface area (Å²) in [4.78, 5) is 14.3. The molecule has 0 radical (unpaired) electrons. The van der Waals surface area contributed by atoms with Gasteiger partial charge >= 0.3 is 0 Å². The first kappa shape index (κ1) is 15.3. The molecule has 0 N–H and O–H groups in total. The highest BCUT2D eigenvalue weighted by Gasteiger charge is 2.30. The number of benzene rings is 1. The Hall–Kier alpha value is -1.56. The van der Waals surface area contributed by atoms with Crippen LogP contribution < -0.4 is 0 Å². The van der Waals surface area contributed by atoms with Crippen LogP contribution in [0.3, 0.4) is 0 Å². The van der Waals surface area contributed by atoms with Crippen LogP contribution >= 0.6 is 35.6 Å². The van der Waals surface area contributed by atoms with Crippen molar-refractivity contribution in [3.05, 3.63) is 52.1 Å². The fourth-order valence-corrected chi connectivity index (χ4v) is 3.68. The Kier molecular flexibility index (Phi) is 4.38. The van der Waals surface area contributed by atoms with E-state index in [9.17, 15) is 4.79 Å². The highest BCUT2D eigenvalue weighted by Crippen LogP contribution is 2.33. The largest absolute Gasteiger partial charge is 0.457 e. The number of carbonyl (C=O) groups excluding carboxylic acids is 1. The van der Waals surface area contributed by atoms with Gasteiger partial charge in [0.05, 0.1) is 4.91 Å². The van der Waals surface area contributed by atoms with Crippen molar-refractivity contribution in [3.63, 3.8) is 0 Å². The summed E-state index contributed by atoms with van der Waals surface area (Å²) >= 11 is 12.5. The molecule has 2 aromatic rings. The zero-order valence-corrected chi connectivity index (χ0v) is 14.1. The molecular weight excluding hydrogens is 338 g/mol. The third-order valence-electron chi connectivity index (χ3n) is 3.20. The molecule has 1 fully saturated rings. The van der Waals surface area contributed by atoms with E-state index in [2.05, 4.69) is 0 Å². The van der Waals surface area contributed by atoms with Gasteiger partial charge in [-0.1, -0.05) is 47.7 Å². The molecule has 2 heterocycles. The quantitative estimate of drug-likeness (QED) is 0.587. The van der Waals surface area contributed by atoms with Crippen molar-refractivity contribution < 1.29 is 9.21 Å².